The van der Waals surface area contributed by atoms with E-state index in [1.165, 1.54) is 6.33 Å². The van der Waals surface area contributed by atoms with Gasteiger partial charge in [0.2, 0.25) is 5.91 Å². The molecule has 2 N–H and O–H groups in total. The molecule has 1 aliphatic rings. The van der Waals surface area contributed by atoms with Crippen LogP contribution in [0.5, 0.6) is 11.5 Å². The van der Waals surface area contributed by atoms with Gasteiger partial charge in [0.1, 0.15) is 29.3 Å². The third-order valence-corrected chi connectivity index (χ3v) is 6.98. The molecule has 1 aliphatic heterocycles. The van der Waals surface area contributed by atoms with Crippen LogP contribution in [0.3, 0.4) is 0 Å². The van der Waals surface area contributed by atoms with Gasteiger partial charge >= 0.3 is 0 Å². The van der Waals surface area contributed by atoms with Gasteiger partial charge in [0, 0.05) is 37.3 Å². The molecule has 0 aliphatic carbocycles. The Morgan fingerprint density at radius 1 is 1.13 bits per heavy atom. The molecule has 1 saturated heterocycles. The zero-order chi connectivity index (χ0) is 26.6. The van der Waals surface area contributed by atoms with E-state index in [4.69, 9.17) is 15.6 Å². The molecular formula is C29H33N7O2. The molecule has 0 unspecified atom stereocenters. The first-order chi connectivity index (χ1) is 18.4. The smallest absolute Gasteiger partial charge is 0.246 e. The fraction of sp³-hybridized carbons (Fsp3) is 0.310. The maximum Gasteiger partial charge on any atom is 0.246 e. The van der Waals surface area contributed by atoms with Crippen molar-refractivity contribution >= 4 is 22.8 Å². The predicted molar refractivity (Wildman–Crippen MR) is 149 cm³/mol. The number of benzene rings is 2. The Kier molecular flexibility index (Phi) is 7.37. The summed E-state index contributed by atoms with van der Waals surface area (Å²) in [5, 5.41) is 5.66. The SMILES string of the molecule is CC(C)N(C)C/C=C/C(=O)N1CC[C@@H](n2nc(-c3ccc(Oc4ccccc4)cc3)c3c(N)ncnc32)C1. The molecule has 5 rings (SSSR count). The van der Waals surface area contributed by atoms with Gasteiger partial charge in [0.25, 0.3) is 0 Å². The lowest BCUT2D eigenvalue weighted by atomic mass is 10.1. The second-order valence-corrected chi connectivity index (χ2v) is 9.85. The lowest BCUT2D eigenvalue weighted by molar-refractivity contribution is -0.125. The van der Waals surface area contributed by atoms with Crippen LogP contribution in [0, 0.1) is 0 Å². The highest BCUT2D eigenvalue weighted by Gasteiger charge is 2.30. The van der Waals surface area contributed by atoms with Crippen LogP contribution < -0.4 is 10.5 Å². The van der Waals surface area contributed by atoms with Gasteiger partial charge in [-0.3, -0.25) is 4.79 Å². The Balaban J connectivity index is 1.36. The van der Waals surface area contributed by atoms with E-state index in [1.807, 2.05) is 77.3 Å². The number of likely N-dealkylation sites (N-methyl/N-ethyl adjacent to an activating group) is 1. The van der Waals surface area contributed by atoms with Gasteiger partial charge in [-0.15, -0.1) is 0 Å². The number of fused-ring (bicyclic) bond motifs is 1. The number of carbonyl (C=O) groups excluding carboxylic acids is 1. The first kappa shape index (κ1) is 25.4. The van der Waals surface area contributed by atoms with Crippen LogP contribution in [0.25, 0.3) is 22.3 Å². The monoisotopic (exact) mass is 511 g/mol. The van der Waals surface area contributed by atoms with Crippen molar-refractivity contribution in [2.24, 2.45) is 0 Å². The fourth-order valence-electron chi connectivity index (χ4n) is 4.54. The Bertz CT molecular complexity index is 1430. The second-order valence-electron chi connectivity index (χ2n) is 9.85. The van der Waals surface area contributed by atoms with Crippen molar-refractivity contribution in [2.45, 2.75) is 32.4 Å². The highest BCUT2D eigenvalue weighted by Crippen LogP contribution is 2.35. The molecule has 1 atom stereocenters. The van der Waals surface area contributed by atoms with E-state index in [2.05, 4.69) is 28.7 Å². The van der Waals surface area contributed by atoms with Crippen molar-refractivity contribution in [3.63, 3.8) is 0 Å². The van der Waals surface area contributed by atoms with Crippen molar-refractivity contribution < 1.29 is 9.53 Å². The van der Waals surface area contributed by atoms with Crippen LogP contribution >= 0.6 is 0 Å². The van der Waals surface area contributed by atoms with E-state index in [9.17, 15) is 4.79 Å². The van der Waals surface area contributed by atoms with Crippen LogP contribution in [0.1, 0.15) is 26.3 Å². The first-order valence-electron chi connectivity index (χ1n) is 12.9. The van der Waals surface area contributed by atoms with E-state index >= 15 is 0 Å². The summed E-state index contributed by atoms with van der Waals surface area (Å²) in [5.74, 6) is 1.90. The van der Waals surface area contributed by atoms with Gasteiger partial charge in [-0.25, -0.2) is 14.6 Å². The van der Waals surface area contributed by atoms with E-state index in [-0.39, 0.29) is 11.9 Å². The molecule has 0 radical (unpaired) electrons. The van der Waals surface area contributed by atoms with Crippen LogP contribution in [-0.2, 0) is 4.79 Å². The number of hydrogen-bond acceptors (Lipinski definition) is 7. The minimum absolute atomic E-state index is 0.00285. The molecule has 2 aromatic heterocycles. The van der Waals surface area contributed by atoms with Crippen LogP contribution in [0.4, 0.5) is 5.82 Å². The van der Waals surface area contributed by atoms with E-state index < -0.39 is 0 Å². The first-order valence-corrected chi connectivity index (χ1v) is 12.9. The number of hydrogen-bond donors (Lipinski definition) is 1. The third kappa shape index (κ3) is 5.38. The van der Waals surface area contributed by atoms with Gasteiger partial charge in [-0.2, -0.15) is 5.10 Å². The quantitative estimate of drug-likeness (QED) is 0.347. The third-order valence-electron chi connectivity index (χ3n) is 6.98. The number of nitrogens with zero attached hydrogens (tertiary/aromatic N) is 6. The summed E-state index contributed by atoms with van der Waals surface area (Å²) in [4.78, 5) is 25.6. The summed E-state index contributed by atoms with van der Waals surface area (Å²) in [7, 11) is 2.04. The normalized spacial score (nSPS) is 15.8. The van der Waals surface area contributed by atoms with Crippen LogP contribution in [0.15, 0.2) is 73.1 Å². The lowest BCUT2D eigenvalue weighted by Crippen LogP contribution is -2.29. The maximum absolute atomic E-state index is 12.8. The van der Waals surface area contributed by atoms with Gasteiger partial charge in [0.05, 0.1) is 11.4 Å². The van der Waals surface area contributed by atoms with Crippen molar-refractivity contribution in [3.8, 4) is 22.8 Å². The van der Waals surface area contributed by atoms with Crippen LogP contribution in [-0.4, -0.2) is 68.2 Å². The van der Waals surface area contributed by atoms with Gasteiger partial charge in [-0.1, -0.05) is 24.3 Å². The number of nitrogens with two attached hydrogens (primary N) is 1. The largest absolute Gasteiger partial charge is 0.457 e. The number of aromatic nitrogens is 4. The average molecular weight is 512 g/mol. The number of nitrogen functional groups attached to an aromatic ring is 1. The summed E-state index contributed by atoms with van der Waals surface area (Å²) < 4.78 is 7.84. The molecule has 3 heterocycles. The number of amides is 1. The van der Waals surface area contributed by atoms with Crippen molar-refractivity contribution in [3.05, 3.63) is 73.1 Å². The average Bonchev–Trinajstić information content (AvgIpc) is 3.56. The Hall–Kier alpha value is -4.24. The molecule has 196 valence electrons. The van der Waals surface area contributed by atoms with E-state index in [0.717, 1.165) is 30.0 Å². The number of rotatable bonds is 8. The molecule has 2 aromatic carbocycles. The molecule has 38 heavy (non-hydrogen) atoms. The molecule has 9 nitrogen and oxygen atoms in total. The van der Waals surface area contributed by atoms with Crippen molar-refractivity contribution in [1.82, 2.24) is 29.5 Å². The van der Waals surface area contributed by atoms with Crippen LogP contribution in [0.2, 0.25) is 0 Å². The predicted octanol–water partition coefficient (Wildman–Crippen LogP) is 4.54. The van der Waals surface area contributed by atoms with Crippen molar-refractivity contribution in [1.29, 1.82) is 0 Å². The summed E-state index contributed by atoms with van der Waals surface area (Å²) in [6.45, 7) is 6.22. The molecule has 1 amide bonds. The molecule has 0 bridgehead atoms. The fourth-order valence-corrected chi connectivity index (χ4v) is 4.54. The molecule has 4 aromatic rings. The maximum atomic E-state index is 12.8. The molecule has 0 spiro atoms. The number of para-hydroxylation sites is 1. The minimum Gasteiger partial charge on any atom is -0.457 e. The molecular weight excluding hydrogens is 478 g/mol. The molecule has 9 heteroatoms. The lowest BCUT2D eigenvalue weighted by Gasteiger charge is -2.19. The number of carbonyl (C=O) groups is 1. The van der Waals surface area contributed by atoms with Gasteiger partial charge in [0.15, 0.2) is 5.65 Å². The zero-order valence-electron chi connectivity index (χ0n) is 22.0. The number of anilines is 1. The zero-order valence-corrected chi connectivity index (χ0v) is 22.0. The van der Waals surface area contributed by atoms with E-state index in [1.54, 1.807) is 6.08 Å². The van der Waals surface area contributed by atoms with Gasteiger partial charge in [-0.05, 0) is 63.7 Å². The topological polar surface area (TPSA) is 102 Å². The number of likely N-dealkylation sites (tertiary alicyclic amines) is 1. The second kappa shape index (κ2) is 11.0. The van der Waals surface area contributed by atoms with Crippen molar-refractivity contribution in [2.75, 3.05) is 32.4 Å². The summed E-state index contributed by atoms with van der Waals surface area (Å²) in [6.07, 6.45) is 5.85. The summed E-state index contributed by atoms with van der Waals surface area (Å²) >= 11 is 0. The summed E-state index contributed by atoms with van der Waals surface area (Å²) in [6, 6.07) is 17.8. The standard InChI is InChI=1S/C29H33N7O2/c1-20(2)34(3)16-7-10-25(37)35-17-15-22(18-35)36-29-26(28(30)31-19-32-29)27(33-36)21-11-13-24(14-12-21)38-23-8-5-4-6-9-23/h4-14,19-20,22H,15-18H2,1-3H3,(H2,30,31,32)/b10-7+/t22-/m1/s1. The molecule has 1 fully saturated rings. The minimum atomic E-state index is -0.00285. The Morgan fingerprint density at radius 3 is 2.61 bits per heavy atom. The number of ether oxygens (including phenoxy) is 1. The highest BCUT2D eigenvalue weighted by molar-refractivity contribution is 5.98. The highest BCUT2D eigenvalue weighted by atomic mass is 16.5. The molecule has 0 saturated carbocycles. The Morgan fingerprint density at radius 2 is 1.87 bits per heavy atom. The van der Waals surface area contributed by atoms with E-state index in [0.29, 0.717) is 41.7 Å². The van der Waals surface area contributed by atoms with Gasteiger partial charge < -0.3 is 20.3 Å². The summed E-state index contributed by atoms with van der Waals surface area (Å²) in [5.41, 5.74) is 8.58. The Labute approximate surface area is 222 Å².